The lowest BCUT2D eigenvalue weighted by Crippen LogP contribution is -2.28. The number of nitrogens with zero attached hydrogens (tertiary/aromatic N) is 8. The van der Waals surface area contributed by atoms with Gasteiger partial charge < -0.3 is 20.9 Å². The zero-order valence-corrected chi connectivity index (χ0v) is 31.4. The van der Waals surface area contributed by atoms with Crippen LogP contribution in [-0.4, -0.2) is 29.5 Å². The van der Waals surface area contributed by atoms with Gasteiger partial charge in [-0.3, -0.25) is 9.36 Å². The Balaban J connectivity index is 0.000000146. The van der Waals surface area contributed by atoms with E-state index in [2.05, 4.69) is 32.3 Å². The van der Waals surface area contributed by atoms with Gasteiger partial charge in [-0.05, 0) is 98.3 Å². The molecular formula is C44H46N10O2. The molecule has 0 amide bonds. The molecule has 6 aromatic rings. The molecule has 10 rings (SSSR count). The van der Waals surface area contributed by atoms with Gasteiger partial charge in [0.2, 0.25) is 11.8 Å². The molecule has 4 saturated carbocycles. The van der Waals surface area contributed by atoms with Crippen molar-refractivity contribution in [2.24, 2.45) is 22.7 Å². The van der Waals surface area contributed by atoms with Crippen molar-refractivity contribution in [3.05, 3.63) is 96.3 Å². The van der Waals surface area contributed by atoms with Crippen LogP contribution in [0.1, 0.15) is 87.4 Å². The third kappa shape index (κ3) is 6.85. The number of fused-ring (bicyclic) bond motifs is 2. The zero-order chi connectivity index (χ0) is 38.3. The average molecular weight is 747 g/mol. The van der Waals surface area contributed by atoms with E-state index < -0.39 is 0 Å². The van der Waals surface area contributed by atoms with E-state index in [0.29, 0.717) is 47.4 Å². The van der Waals surface area contributed by atoms with Gasteiger partial charge in [0.15, 0.2) is 11.6 Å². The van der Waals surface area contributed by atoms with Crippen LogP contribution in [0.5, 0.6) is 11.8 Å². The maximum atomic E-state index is 9.77. The Morgan fingerprint density at radius 1 is 0.607 bits per heavy atom. The summed E-state index contributed by atoms with van der Waals surface area (Å²) in [6, 6.07) is 29.0. The Morgan fingerprint density at radius 3 is 1.39 bits per heavy atom. The normalized spacial score (nSPS) is 22.8. The van der Waals surface area contributed by atoms with Crippen LogP contribution in [0.4, 0.5) is 11.6 Å². The lowest BCUT2D eigenvalue weighted by molar-refractivity contribution is 0.200. The first kappa shape index (κ1) is 35.6. The first-order chi connectivity index (χ1) is 27.4. The Hall–Kier alpha value is -6.14. The second-order valence-electron chi connectivity index (χ2n) is 16.3. The minimum absolute atomic E-state index is 0.0272. The van der Waals surface area contributed by atoms with Crippen LogP contribution in [0, 0.1) is 45.3 Å². The fourth-order valence-corrected chi connectivity index (χ4v) is 9.18. The van der Waals surface area contributed by atoms with E-state index in [4.69, 9.17) is 20.9 Å². The molecule has 0 aliphatic heterocycles. The predicted octanol–water partition coefficient (Wildman–Crippen LogP) is 8.47. The summed E-state index contributed by atoms with van der Waals surface area (Å²) in [4.78, 5) is 8.79. The van der Waals surface area contributed by atoms with Crippen molar-refractivity contribution in [1.29, 1.82) is 10.5 Å². The van der Waals surface area contributed by atoms with E-state index in [1.54, 1.807) is 12.4 Å². The van der Waals surface area contributed by atoms with Crippen LogP contribution in [0.3, 0.4) is 0 Å². The summed E-state index contributed by atoms with van der Waals surface area (Å²) in [5, 5.41) is 30.2. The first-order valence-electron chi connectivity index (χ1n) is 19.8. The third-order valence-corrected chi connectivity index (χ3v) is 12.7. The Bertz CT molecular complexity index is 2270. The van der Waals surface area contributed by atoms with Gasteiger partial charge >= 0.3 is 0 Å². The highest BCUT2D eigenvalue weighted by Gasteiger charge is 2.50. The number of hydrogen-bond acceptors (Lipinski definition) is 10. The van der Waals surface area contributed by atoms with Crippen molar-refractivity contribution in [1.82, 2.24) is 29.5 Å². The highest BCUT2D eigenvalue weighted by molar-refractivity contribution is 5.94. The molecule has 0 saturated heterocycles. The van der Waals surface area contributed by atoms with E-state index in [0.717, 1.165) is 58.6 Å². The van der Waals surface area contributed by atoms with E-state index >= 15 is 0 Å². The number of ether oxygens (including phenoxy) is 2. The third-order valence-electron chi connectivity index (χ3n) is 12.7. The van der Waals surface area contributed by atoms with E-state index in [-0.39, 0.29) is 23.9 Å². The molecule has 12 nitrogen and oxygen atoms in total. The maximum Gasteiger partial charge on any atom is 0.227 e. The molecule has 0 bridgehead atoms. The largest absolute Gasteiger partial charge is 0.472 e. The van der Waals surface area contributed by atoms with Crippen LogP contribution in [-0.2, 0) is 13.2 Å². The van der Waals surface area contributed by atoms with Gasteiger partial charge in [-0.2, -0.15) is 20.7 Å². The molecule has 0 radical (unpaired) electrons. The molecule has 4 aliphatic carbocycles. The number of aromatic nitrogens is 6. The van der Waals surface area contributed by atoms with Gasteiger partial charge in [0.05, 0.1) is 47.1 Å². The second kappa shape index (κ2) is 14.5. The van der Waals surface area contributed by atoms with Gasteiger partial charge in [0.1, 0.15) is 24.0 Å². The van der Waals surface area contributed by atoms with Gasteiger partial charge in [-0.25, -0.2) is 9.97 Å². The van der Waals surface area contributed by atoms with Crippen molar-refractivity contribution >= 4 is 33.4 Å². The smallest absolute Gasteiger partial charge is 0.227 e. The maximum absolute atomic E-state index is 9.77. The van der Waals surface area contributed by atoms with Crippen LogP contribution < -0.4 is 20.9 Å². The minimum atomic E-state index is -0.0272. The van der Waals surface area contributed by atoms with Crippen molar-refractivity contribution < 1.29 is 9.47 Å². The Kier molecular flexibility index (Phi) is 9.21. The number of rotatable bonds is 8. The molecule has 2 spiro atoms. The Labute approximate surface area is 326 Å². The van der Waals surface area contributed by atoms with Gasteiger partial charge in [-0.1, -0.05) is 60.7 Å². The molecule has 4 fully saturated rings. The number of nitrogen functional groups attached to an aromatic ring is 2. The summed E-state index contributed by atoms with van der Waals surface area (Å²) in [6.07, 6.45) is 14.7. The van der Waals surface area contributed by atoms with Crippen LogP contribution in [0.2, 0.25) is 0 Å². The summed E-state index contributed by atoms with van der Waals surface area (Å²) in [5.41, 5.74) is 17.3. The predicted molar refractivity (Wildman–Crippen MR) is 213 cm³/mol. The topological polar surface area (TPSA) is 180 Å². The monoisotopic (exact) mass is 746 g/mol. The van der Waals surface area contributed by atoms with Gasteiger partial charge in [-0.15, -0.1) is 0 Å². The molecule has 4 atom stereocenters. The number of nitrogens with two attached hydrogens (primary N) is 2. The van der Waals surface area contributed by atoms with Crippen LogP contribution in [0.15, 0.2) is 85.2 Å². The molecule has 4 N–H and O–H groups in total. The summed E-state index contributed by atoms with van der Waals surface area (Å²) in [6.45, 7) is 0.842. The second-order valence-corrected chi connectivity index (χ2v) is 16.3. The van der Waals surface area contributed by atoms with Crippen molar-refractivity contribution in [2.75, 3.05) is 11.5 Å². The zero-order valence-electron chi connectivity index (χ0n) is 31.4. The van der Waals surface area contributed by atoms with Crippen LogP contribution >= 0.6 is 0 Å². The molecule has 4 aliphatic rings. The first-order valence-corrected chi connectivity index (χ1v) is 19.8. The minimum Gasteiger partial charge on any atom is -0.472 e. The SMILES string of the molecule is N#C[C@H]1CC2(CC[C@@H]1n1nc(N)c3c(OCc4ccccc4)nccc31)CC2.N#C[C@H]1CC2(CC[C@H]1n1nc(N)c3c(OCc4ccccc4)nccc31)CC2. The van der Waals surface area contributed by atoms with E-state index in [1.807, 2.05) is 82.2 Å². The summed E-state index contributed by atoms with van der Waals surface area (Å²) < 4.78 is 15.8. The Morgan fingerprint density at radius 2 is 1.02 bits per heavy atom. The molecule has 0 unspecified atom stereocenters. The lowest BCUT2D eigenvalue weighted by Gasteiger charge is -2.33. The molecule has 4 heterocycles. The van der Waals surface area contributed by atoms with Crippen molar-refractivity contribution in [3.63, 3.8) is 0 Å². The van der Waals surface area contributed by atoms with Crippen molar-refractivity contribution in [3.8, 4) is 23.9 Å². The highest BCUT2D eigenvalue weighted by Crippen LogP contribution is 2.60. The van der Waals surface area contributed by atoms with Crippen molar-refractivity contribution in [2.45, 2.75) is 89.5 Å². The number of pyridine rings is 2. The van der Waals surface area contributed by atoms with Crippen LogP contribution in [0.25, 0.3) is 21.8 Å². The lowest BCUT2D eigenvalue weighted by atomic mass is 9.76. The fraction of sp³-hybridized carbons (Fsp3) is 0.409. The summed E-state index contributed by atoms with van der Waals surface area (Å²) in [7, 11) is 0. The standard InChI is InChI=1S/2C22H23N5O/c2*23-13-16-12-22(9-10-22)8-6-17(16)27-18-7-11-25-21(19(18)20(24)26-27)28-14-15-4-2-1-3-5-15/h2*1-5,7,11,16-17H,6,8-10,12,14H2,(H2,24,26)/t16-,17+;16-,17-/m11/s1. The quantitative estimate of drug-likeness (QED) is 0.153. The molecule has 12 heteroatoms. The molecule has 2 aromatic carbocycles. The summed E-state index contributed by atoms with van der Waals surface area (Å²) >= 11 is 0. The number of benzene rings is 2. The van der Waals surface area contributed by atoms with Gasteiger partial charge in [0.25, 0.3) is 0 Å². The number of anilines is 2. The highest BCUT2D eigenvalue weighted by atomic mass is 16.5. The number of nitriles is 2. The van der Waals surface area contributed by atoms with E-state index in [9.17, 15) is 10.5 Å². The van der Waals surface area contributed by atoms with E-state index in [1.165, 1.54) is 38.5 Å². The molecular weight excluding hydrogens is 701 g/mol. The fourth-order valence-electron chi connectivity index (χ4n) is 9.18. The molecule has 4 aromatic heterocycles. The molecule has 284 valence electrons. The number of hydrogen-bond donors (Lipinski definition) is 2. The summed E-state index contributed by atoms with van der Waals surface area (Å²) in [5.74, 6) is 1.76. The van der Waals surface area contributed by atoms with Gasteiger partial charge in [0, 0.05) is 12.4 Å². The average Bonchev–Trinajstić information content (AvgIpc) is 4.12. The molecule has 56 heavy (non-hydrogen) atoms.